The first-order valence-corrected chi connectivity index (χ1v) is 8.10. The number of amides is 2. The monoisotopic (exact) mass is 324 g/mol. The molecule has 1 aromatic rings. The number of benzene rings is 1. The second-order valence-corrected chi connectivity index (χ2v) is 7.27. The molecule has 0 aromatic heterocycles. The molecule has 2 amide bonds. The first kappa shape index (κ1) is 17.1. The van der Waals surface area contributed by atoms with Crippen LogP contribution in [0.4, 0.5) is 4.79 Å². The second kappa shape index (κ2) is 6.88. The minimum Gasteiger partial charge on any atom is -0.391 e. The highest BCUT2D eigenvalue weighted by Gasteiger charge is 2.31. The van der Waals surface area contributed by atoms with E-state index in [1.807, 2.05) is 24.3 Å². The number of hydrogen-bond acceptors (Lipinski definition) is 2. The Morgan fingerprint density at radius 3 is 2.77 bits per heavy atom. The van der Waals surface area contributed by atoms with Gasteiger partial charge in [0.1, 0.15) is 0 Å². The van der Waals surface area contributed by atoms with E-state index in [1.54, 1.807) is 11.9 Å². The van der Waals surface area contributed by atoms with Gasteiger partial charge in [-0.25, -0.2) is 4.79 Å². The lowest BCUT2D eigenvalue weighted by atomic mass is 9.84. The Labute approximate surface area is 137 Å². The van der Waals surface area contributed by atoms with Gasteiger partial charge in [0.15, 0.2) is 0 Å². The smallest absolute Gasteiger partial charge is 0.317 e. The Hall–Kier alpha value is -1.26. The third-order valence-corrected chi connectivity index (χ3v) is 4.50. The predicted molar refractivity (Wildman–Crippen MR) is 89.2 cm³/mol. The van der Waals surface area contributed by atoms with Crippen LogP contribution in [0.15, 0.2) is 24.3 Å². The lowest BCUT2D eigenvalue weighted by Crippen LogP contribution is -2.45. The summed E-state index contributed by atoms with van der Waals surface area (Å²) in [5, 5.41) is 13.5. The van der Waals surface area contributed by atoms with Crippen molar-refractivity contribution < 1.29 is 9.90 Å². The standard InChI is InChI=1S/C17H25ClN2O2/c1-17(2,13-5-4-6-14(18)9-13)11-19-16(22)20(3)10-15(21)12-7-8-12/h4-6,9,12,15,21H,7-8,10-11H2,1-3H3,(H,19,22). The number of aliphatic hydroxyl groups excluding tert-OH is 1. The van der Waals surface area contributed by atoms with E-state index < -0.39 is 6.10 Å². The molecular formula is C17H25ClN2O2. The predicted octanol–water partition coefficient (Wildman–Crippen LogP) is 3.03. The van der Waals surface area contributed by atoms with Gasteiger partial charge in [0, 0.05) is 30.6 Å². The quantitative estimate of drug-likeness (QED) is 0.845. The molecule has 2 N–H and O–H groups in total. The lowest BCUT2D eigenvalue weighted by Gasteiger charge is -2.28. The number of nitrogens with one attached hydrogen (secondary N) is 1. The van der Waals surface area contributed by atoms with Gasteiger partial charge in [0.05, 0.1) is 6.10 Å². The van der Waals surface area contributed by atoms with E-state index in [-0.39, 0.29) is 11.4 Å². The minimum atomic E-state index is -0.406. The van der Waals surface area contributed by atoms with Crippen LogP contribution in [0, 0.1) is 5.92 Å². The fourth-order valence-corrected chi connectivity index (χ4v) is 2.63. The van der Waals surface area contributed by atoms with E-state index in [0.717, 1.165) is 18.4 Å². The third kappa shape index (κ3) is 4.62. The maximum absolute atomic E-state index is 12.1. The van der Waals surface area contributed by atoms with Gasteiger partial charge in [0.2, 0.25) is 0 Å². The largest absolute Gasteiger partial charge is 0.391 e. The molecular weight excluding hydrogens is 300 g/mol. The van der Waals surface area contributed by atoms with Gasteiger partial charge in [-0.2, -0.15) is 0 Å². The molecule has 0 spiro atoms. The molecule has 1 aromatic carbocycles. The molecule has 0 aliphatic heterocycles. The summed E-state index contributed by atoms with van der Waals surface area (Å²) in [6, 6.07) is 7.54. The summed E-state index contributed by atoms with van der Waals surface area (Å²) in [7, 11) is 1.72. The molecule has 4 nitrogen and oxygen atoms in total. The minimum absolute atomic E-state index is 0.158. The number of carbonyl (C=O) groups excluding carboxylic acids is 1. The lowest BCUT2D eigenvalue weighted by molar-refractivity contribution is 0.113. The van der Waals surface area contributed by atoms with Crippen LogP contribution in [0.2, 0.25) is 5.02 Å². The van der Waals surface area contributed by atoms with E-state index >= 15 is 0 Å². The van der Waals surface area contributed by atoms with Crippen LogP contribution >= 0.6 is 11.6 Å². The fraction of sp³-hybridized carbons (Fsp3) is 0.588. The van der Waals surface area contributed by atoms with Crippen LogP contribution < -0.4 is 5.32 Å². The molecule has 0 bridgehead atoms. The Kier molecular flexibility index (Phi) is 5.35. The summed E-state index contributed by atoms with van der Waals surface area (Å²) in [6.45, 7) is 5.03. The Morgan fingerprint density at radius 2 is 2.18 bits per heavy atom. The van der Waals surface area contributed by atoms with E-state index in [1.165, 1.54) is 0 Å². The maximum Gasteiger partial charge on any atom is 0.317 e. The molecule has 0 heterocycles. The summed E-state index contributed by atoms with van der Waals surface area (Å²) in [4.78, 5) is 13.7. The summed E-state index contributed by atoms with van der Waals surface area (Å²) in [6.07, 6.45) is 1.73. The van der Waals surface area contributed by atoms with Crippen molar-refractivity contribution >= 4 is 17.6 Å². The summed E-state index contributed by atoms with van der Waals surface area (Å²) in [5.74, 6) is 0.373. The number of hydrogen-bond donors (Lipinski definition) is 2. The van der Waals surface area contributed by atoms with Crippen molar-refractivity contribution in [3.63, 3.8) is 0 Å². The number of rotatable bonds is 6. The molecule has 0 radical (unpaired) electrons. The first-order valence-electron chi connectivity index (χ1n) is 7.72. The number of nitrogens with zero attached hydrogens (tertiary/aromatic N) is 1. The second-order valence-electron chi connectivity index (χ2n) is 6.84. The van der Waals surface area contributed by atoms with E-state index in [2.05, 4.69) is 19.2 Å². The van der Waals surface area contributed by atoms with Crippen LogP contribution in [-0.4, -0.2) is 42.3 Å². The molecule has 1 saturated carbocycles. The molecule has 1 atom stereocenters. The van der Waals surface area contributed by atoms with Gasteiger partial charge in [0.25, 0.3) is 0 Å². The first-order chi connectivity index (χ1) is 10.3. The van der Waals surface area contributed by atoms with E-state index in [0.29, 0.717) is 24.0 Å². The average Bonchev–Trinajstić information content (AvgIpc) is 3.29. The molecule has 5 heteroatoms. The number of halogens is 1. The maximum atomic E-state index is 12.1. The molecule has 1 fully saturated rings. The van der Waals surface area contributed by atoms with E-state index in [4.69, 9.17) is 11.6 Å². The summed E-state index contributed by atoms with van der Waals surface area (Å²) < 4.78 is 0. The average molecular weight is 325 g/mol. The van der Waals surface area contributed by atoms with Crippen LogP contribution in [0.1, 0.15) is 32.3 Å². The van der Waals surface area contributed by atoms with Gasteiger partial charge >= 0.3 is 6.03 Å². The Balaban J connectivity index is 1.86. The molecule has 122 valence electrons. The van der Waals surface area contributed by atoms with Crippen molar-refractivity contribution in [2.24, 2.45) is 5.92 Å². The Morgan fingerprint density at radius 1 is 1.50 bits per heavy atom. The van der Waals surface area contributed by atoms with Crippen molar-refractivity contribution in [1.82, 2.24) is 10.2 Å². The van der Waals surface area contributed by atoms with Crippen LogP contribution in [-0.2, 0) is 5.41 Å². The van der Waals surface area contributed by atoms with Gasteiger partial charge in [-0.3, -0.25) is 0 Å². The van der Waals surface area contributed by atoms with Crippen molar-refractivity contribution in [3.8, 4) is 0 Å². The number of carbonyl (C=O) groups is 1. The highest BCUT2D eigenvalue weighted by molar-refractivity contribution is 6.30. The molecule has 2 rings (SSSR count). The third-order valence-electron chi connectivity index (χ3n) is 4.26. The van der Waals surface area contributed by atoms with Crippen molar-refractivity contribution in [1.29, 1.82) is 0 Å². The normalized spacial score (nSPS) is 16.2. The van der Waals surface area contributed by atoms with Crippen LogP contribution in [0.5, 0.6) is 0 Å². The van der Waals surface area contributed by atoms with Crippen molar-refractivity contribution in [2.75, 3.05) is 20.1 Å². The van der Waals surface area contributed by atoms with Crippen LogP contribution in [0.25, 0.3) is 0 Å². The van der Waals surface area contributed by atoms with Crippen LogP contribution in [0.3, 0.4) is 0 Å². The molecule has 0 saturated heterocycles. The van der Waals surface area contributed by atoms with E-state index in [9.17, 15) is 9.90 Å². The highest BCUT2D eigenvalue weighted by Crippen LogP contribution is 2.32. The summed E-state index contributed by atoms with van der Waals surface area (Å²) >= 11 is 6.03. The number of urea groups is 1. The molecule has 1 aliphatic carbocycles. The number of aliphatic hydroxyl groups is 1. The topological polar surface area (TPSA) is 52.6 Å². The SMILES string of the molecule is CN(CC(O)C1CC1)C(=O)NCC(C)(C)c1cccc(Cl)c1. The zero-order valence-electron chi connectivity index (χ0n) is 13.5. The number of likely N-dealkylation sites (N-methyl/N-ethyl adjacent to an activating group) is 1. The molecule has 1 unspecified atom stereocenters. The van der Waals surface area contributed by atoms with Gasteiger partial charge in [-0.15, -0.1) is 0 Å². The van der Waals surface area contributed by atoms with Gasteiger partial charge < -0.3 is 15.3 Å². The van der Waals surface area contributed by atoms with Gasteiger partial charge in [-0.1, -0.05) is 37.6 Å². The molecule has 1 aliphatic rings. The highest BCUT2D eigenvalue weighted by atomic mass is 35.5. The summed E-state index contributed by atoms with van der Waals surface area (Å²) in [5.41, 5.74) is 0.872. The molecule has 22 heavy (non-hydrogen) atoms. The van der Waals surface area contributed by atoms with Crippen molar-refractivity contribution in [3.05, 3.63) is 34.9 Å². The zero-order chi connectivity index (χ0) is 16.3. The fourth-order valence-electron chi connectivity index (χ4n) is 2.44. The zero-order valence-corrected chi connectivity index (χ0v) is 14.2. The van der Waals surface area contributed by atoms with Crippen molar-refractivity contribution in [2.45, 2.75) is 38.2 Å². The van der Waals surface area contributed by atoms with Gasteiger partial charge in [-0.05, 0) is 36.5 Å². The Bertz CT molecular complexity index is 529.